The maximum atomic E-state index is 12.7. The Morgan fingerprint density at radius 1 is 0.947 bits per heavy atom. The molecule has 0 radical (unpaired) electrons. The molecule has 2 aromatic rings. The van der Waals surface area contributed by atoms with Crippen molar-refractivity contribution in [1.82, 2.24) is 9.97 Å². The van der Waals surface area contributed by atoms with Gasteiger partial charge in [-0.25, -0.2) is 14.4 Å². The Labute approximate surface area is 113 Å². The molecule has 1 heterocycles. The van der Waals surface area contributed by atoms with E-state index in [1.165, 1.54) is 12.1 Å². The first-order chi connectivity index (χ1) is 9.15. The van der Waals surface area contributed by atoms with Crippen molar-refractivity contribution in [3.8, 4) is 11.5 Å². The van der Waals surface area contributed by atoms with E-state index in [-0.39, 0.29) is 11.7 Å². The van der Waals surface area contributed by atoms with E-state index >= 15 is 0 Å². The van der Waals surface area contributed by atoms with Crippen LogP contribution < -0.4 is 4.74 Å². The average molecular weight is 262 g/mol. The van der Waals surface area contributed by atoms with Gasteiger partial charge in [0.05, 0.1) is 12.4 Å². The molecule has 0 N–H and O–H groups in total. The monoisotopic (exact) mass is 262 g/mol. The zero-order chi connectivity index (χ0) is 14.3. The van der Waals surface area contributed by atoms with E-state index in [1.54, 1.807) is 24.5 Å². The lowest BCUT2D eigenvalue weighted by atomic mass is 10.2. The maximum absolute atomic E-state index is 12.7. The smallest absolute Gasteiger partial charge is 0.164 e. The van der Waals surface area contributed by atoms with Crippen LogP contribution in [0.25, 0.3) is 0 Å². The summed E-state index contributed by atoms with van der Waals surface area (Å²) < 4.78 is 18.2. The van der Waals surface area contributed by atoms with Gasteiger partial charge in [0, 0.05) is 5.92 Å². The summed E-state index contributed by atoms with van der Waals surface area (Å²) in [7, 11) is 0. The van der Waals surface area contributed by atoms with Gasteiger partial charge >= 0.3 is 0 Å². The van der Waals surface area contributed by atoms with Crippen LogP contribution in [0, 0.1) is 5.82 Å². The molecule has 19 heavy (non-hydrogen) atoms. The molecule has 0 fully saturated rings. The molecule has 102 valence electrons. The molecular formula is C15H19FN2O. The summed E-state index contributed by atoms with van der Waals surface area (Å²) in [5, 5.41) is 0. The SMILES string of the molecule is CC.CC(C)c1ncc(Oc2ccc(F)cc2)cn1. The molecule has 1 aromatic heterocycles. The fourth-order valence-corrected chi connectivity index (χ4v) is 1.32. The zero-order valence-corrected chi connectivity index (χ0v) is 11.7. The van der Waals surface area contributed by atoms with Crippen molar-refractivity contribution < 1.29 is 9.13 Å². The highest BCUT2D eigenvalue weighted by Gasteiger charge is 2.03. The number of nitrogens with zero attached hydrogens (tertiary/aromatic N) is 2. The molecule has 0 saturated heterocycles. The minimum Gasteiger partial charge on any atom is -0.454 e. The number of halogens is 1. The fourth-order valence-electron chi connectivity index (χ4n) is 1.32. The molecule has 1 aromatic carbocycles. The van der Waals surface area contributed by atoms with Gasteiger partial charge in [-0.3, -0.25) is 0 Å². The lowest BCUT2D eigenvalue weighted by Gasteiger charge is -2.06. The third-order valence-electron chi connectivity index (χ3n) is 2.21. The normalized spacial score (nSPS) is 9.79. The van der Waals surface area contributed by atoms with Crippen molar-refractivity contribution in [3.05, 3.63) is 48.3 Å². The van der Waals surface area contributed by atoms with E-state index in [9.17, 15) is 4.39 Å². The van der Waals surface area contributed by atoms with E-state index in [0.717, 1.165) is 5.82 Å². The second-order valence-corrected chi connectivity index (χ2v) is 3.99. The molecule has 0 atom stereocenters. The summed E-state index contributed by atoms with van der Waals surface area (Å²) in [4.78, 5) is 8.36. The first-order valence-electron chi connectivity index (χ1n) is 6.40. The molecule has 0 bridgehead atoms. The van der Waals surface area contributed by atoms with Crippen LogP contribution in [0.1, 0.15) is 39.4 Å². The van der Waals surface area contributed by atoms with Crippen molar-refractivity contribution in [2.75, 3.05) is 0 Å². The Kier molecular flexibility index (Phi) is 5.93. The first-order valence-corrected chi connectivity index (χ1v) is 6.40. The second kappa shape index (κ2) is 7.46. The number of ether oxygens (including phenoxy) is 1. The van der Waals surface area contributed by atoms with Crippen molar-refractivity contribution in [3.63, 3.8) is 0 Å². The quantitative estimate of drug-likeness (QED) is 0.813. The summed E-state index contributed by atoms with van der Waals surface area (Å²) in [6, 6.07) is 5.81. The van der Waals surface area contributed by atoms with Crippen LogP contribution in [0.15, 0.2) is 36.7 Å². The molecule has 0 aliphatic heterocycles. The van der Waals surface area contributed by atoms with E-state index in [2.05, 4.69) is 9.97 Å². The molecule has 3 nitrogen and oxygen atoms in total. The largest absolute Gasteiger partial charge is 0.454 e. The number of rotatable bonds is 3. The van der Waals surface area contributed by atoms with Crippen LogP contribution in [-0.4, -0.2) is 9.97 Å². The van der Waals surface area contributed by atoms with Crippen molar-refractivity contribution in [2.24, 2.45) is 0 Å². The molecule has 0 unspecified atom stereocenters. The van der Waals surface area contributed by atoms with Gasteiger partial charge in [-0.15, -0.1) is 0 Å². The van der Waals surface area contributed by atoms with Gasteiger partial charge in [0.1, 0.15) is 17.4 Å². The van der Waals surface area contributed by atoms with E-state index in [0.29, 0.717) is 11.5 Å². The average Bonchev–Trinajstić information content (AvgIpc) is 2.44. The minimum absolute atomic E-state index is 0.287. The Morgan fingerprint density at radius 3 is 1.95 bits per heavy atom. The number of benzene rings is 1. The highest BCUT2D eigenvalue weighted by atomic mass is 19.1. The van der Waals surface area contributed by atoms with Gasteiger partial charge in [-0.05, 0) is 24.3 Å². The Morgan fingerprint density at radius 2 is 1.47 bits per heavy atom. The molecule has 2 rings (SSSR count). The summed E-state index contributed by atoms with van der Waals surface area (Å²) in [6.07, 6.45) is 3.23. The number of hydrogen-bond donors (Lipinski definition) is 0. The summed E-state index contributed by atoms with van der Waals surface area (Å²) in [5.74, 6) is 1.88. The van der Waals surface area contributed by atoms with Crippen LogP contribution in [0.2, 0.25) is 0 Å². The summed E-state index contributed by atoms with van der Waals surface area (Å²) >= 11 is 0. The van der Waals surface area contributed by atoms with Crippen LogP contribution in [0.4, 0.5) is 4.39 Å². The van der Waals surface area contributed by atoms with E-state index < -0.39 is 0 Å². The Balaban J connectivity index is 0.000000861. The topological polar surface area (TPSA) is 35.0 Å². The molecule has 0 aliphatic carbocycles. The predicted molar refractivity (Wildman–Crippen MR) is 73.9 cm³/mol. The lowest BCUT2D eigenvalue weighted by Crippen LogP contribution is -1.96. The van der Waals surface area contributed by atoms with Crippen LogP contribution in [0.3, 0.4) is 0 Å². The lowest BCUT2D eigenvalue weighted by molar-refractivity contribution is 0.473. The Hall–Kier alpha value is -1.97. The van der Waals surface area contributed by atoms with Gasteiger partial charge in [0.15, 0.2) is 5.75 Å². The summed E-state index contributed by atoms with van der Waals surface area (Å²) in [5.41, 5.74) is 0. The van der Waals surface area contributed by atoms with Crippen LogP contribution >= 0.6 is 0 Å². The van der Waals surface area contributed by atoms with E-state index in [4.69, 9.17) is 4.74 Å². The van der Waals surface area contributed by atoms with Gasteiger partial charge < -0.3 is 4.74 Å². The molecule has 0 spiro atoms. The molecule has 4 heteroatoms. The molecule has 0 amide bonds. The van der Waals surface area contributed by atoms with Crippen molar-refractivity contribution >= 4 is 0 Å². The van der Waals surface area contributed by atoms with Gasteiger partial charge in [-0.1, -0.05) is 27.7 Å². The van der Waals surface area contributed by atoms with Gasteiger partial charge in [0.25, 0.3) is 0 Å². The third kappa shape index (κ3) is 4.66. The highest BCUT2D eigenvalue weighted by Crippen LogP contribution is 2.20. The third-order valence-corrected chi connectivity index (χ3v) is 2.21. The standard InChI is InChI=1S/C13H13FN2O.C2H6/c1-9(2)13-15-7-12(8-16-13)17-11-5-3-10(14)4-6-11;1-2/h3-9H,1-2H3;1-2H3. The van der Waals surface area contributed by atoms with Gasteiger partial charge in [-0.2, -0.15) is 0 Å². The first kappa shape index (κ1) is 15.1. The minimum atomic E-state index is -0.288. The van der Waals surface area contributed by atoms with Crippen LogP contribution in [-0.2, 0) is 0 Å². The van der Waals surface area contributed by atoms with Crippen molar-refractivity contribution in [2.45, 2.75) is 33.6 Å². The van der Waals surface area contributed by atoms with Gasteiger partial charge in [0.2, 0.25) is 0 Å². The highest BCUT2D eigenvalue weighted by molar-refractivity contribution is 5.28. The van der Waals surface area contributed by atoms with E-state index in [1.807, 2.05) is 27.7 Å². The number of aromatic nitrogens is 2. The van der Waals surface area contributed by atoms with Crippen LogP contribution in [0.5, 0.6) is 11.5 Å². The second-order valence-electron chi connectivity index (χ2n) is 3.99. The molecular weight excluding hydrogens is 243 g/mol. The molecule has 0 saturated carbocycles. The predicted octanol–water partition coefficient (Wildman–Crippen LogP) is 4.56. The van der Waals surface area contributed by atoms with Crippen molar-refractivity contribution in [1.29, 1.82) is 0 Å². The fraction of sp³-hybridized carbons (Fsp3) is 0.333. The number of hydrogen-bond acceptors (Lipinski definition) is 3. The zero-order valence-electron chi connectivity index (χ0n) is 11.7. The Bertz CT molecular complexity index is 481. The maximum Gasteiger partial charge on any atom is 0.164 e. The molecule has 0 aliphatic rings. The summed E-state index contributed by atoms with van der Waals surface area (Å²) in [6.45, 7) is 8.05.